The van der Waals surface area contributed by atoms with E-state index >= 15 is 0 Å². The minimum absolute atomic E-state index is 0.102. The van der Waals surface area contributed by atoms with Crippen LogP contribution in [-0.2, 0) is 19.1 Å². The molecule has 1 aromatic carbocycles. The number of Topliss-reactive ketones (excluding diaryl/α,β-unsaturated/α-hetero) is 1. The average Bonchev–Trinajstić information content (AvgIpc) is 2.58. The molecule has 29 heavy (non-hydrogen) atoms. The fraction of sp³-hybridized carbons (Fsp3) is 0.524. The van der Waals surface area contributed by atoms with Crippen LogP contribution < -0.4 is 0 Å². The highest BCUT2D eigenvalue weighted by atomic mass is 16.6. The van der Waals surface area contributed by atoms with Crippen LogP contribution in [0.4, 0.5) is 5.69 Å². The molecule has 3 atom stereocenters. The lowest BCUT2D eigenvalue weighted by molar-refractivity contribution is -0.384. The Morgan fingerprint density at radius 2 is 1.90 bits per heavy atom. The highest BCUT2D eigenvalue weighted by Crippen LogP contribution is 2.52. The van der Waals surface area contributed by atoms with Gasteiger partial charge in [0.15, 0.2) is 5.78 Å². The number of rotatable bonds is 4. The lowest BCUT2D eigenvalue weighted by Crippen LogP contribution is -2.52. The summed E-state index contributed by atoms with van der Waals surface area (Å²) in [7, 11) is 0. The van der Waals surface area contributed by atoms with Crippen LogP contribution in [0.15, 0.2) is 35.6 Å². The molecule has 0 fully saturated rings. The van der Waals surface area contributed by atoms with E-state index in [-0.39, 0.29) is 29.9 Å². The van der Waals surface area contributed by atoms with Crippen LogP contribution in [0.5, 0.6) is 0 Å². The second kappa shape index (κ2) is 7.26. The van der Waals surface area contributed by atoms with Crippen molar-refractivity contribution in [3.8, 4) is 0 Å². The lowest BCUT2D eigenvalue weighted by Gasteiger charge is -2.46. The SMILES string of the molecule is CCOC(=O)[C@H]1[C@H](c2ccc([N+](=O)[O-])cc2)C2=C(CC(C)(C)CC2=O)O[C@@]1(C)O. The molecule has 8 heteroatoms. The average molecular weight is 403 g/mol. The summed E-state index contributed by atoms with van der Waals surface area (Å²) in [6.45, 7) is 7.00. The van der Waals surface area contributed by atoms with Crippen LogP contribution in [0.3, 0.4) is 0 Å². The van der Waals surface area contributed by atoms with E-state index in [1.54, 1.807) is 6.92 Å². The van der Waals surface area contributed by atoms with Crippen molar-refractivity contribution in [3.63, 3.8) is 0 Å². The molecule has 0 bridgehead atoms. The molecule has 2 aliphatic rings. The molecule has 0 saturated heterocycles. The van der Waals surface area contributed by atoms with Gasteiger partial charge < -0.3 is 14.6 Å². The van der Waals surface area contributed by atoms with Gasteiger partial charge in [-0.15, -0.1) is 0 Å². The molecule has 0 spiro atoms. The van der Waals surface area contributed by atoms with Gasteiger partial charge in [0.2, 0.25) is 5.79 Å². The van der Waals surface area contributed by atoms with Gasteiger partial charge >= 0.3 is 5.97 Å². The van der Waals surface area contributed by atoms with Gasteiger partial charge in [0, 0.05) is 43.4 Å². The van der Waals surface area contributed by atoms with Gasteiger partial charge in [-0.3, -0.25) is 19.7 Å². The Morgan fingerprint density at radius 3 is 2.45 bits per heavy atom. The van der Waals surface area contributed by atoms with Gasteiger partial charge in [-0.25, -0.2) is 0 Å². The number of esters is 1. The van der Waals surface area contributed by atoms with Crippen LogP contribution in [0, 0.1) is 21.4 Å². The summed E-state index contributed by atoms with van der Waals surface area (Å²) >= 11 is 0. The first-order chi connectivity index (χ1) is 13.5. The molecule has 1 aromatic rings. The molecular formula is C21H25NO7. The zero-order chi connectivity index (χ0) is 21.6. The van der Waals surface area contributed by atoms with E-state index < -0.39 is 28.5 Å². The fourth-order valence-electron chi connectivity index (χ4n) is 4.25. The first-order valence-corrected chi connectivity index (χ1v) is 9.55. The first kappa shape index (κ1) is 21.0. The number of ketones is 1. The van der Waals surface area contributed by atoms with Crippen LogP contribution in [0.1, 0.15) is 52.0 Å². The van der Waals surface area contributed by atoms with Gasteiger partial charge in [0.1, 0.15) is 11.7 Å². The first-order valence-electron chi connectivity index (χ1n) is 9.55. The molecule has 8 nitrogen and oxygen atoms in total. The zero-order valence-corrected chi connectivity index (χ0v) is 16.9. The van der Waals surface area contributed by atoms with Crippen molar-refractivity contribution in [3.05, 3.63) is 51.3 Å². The Kier molecular flexibility index (Phi) is 5.25. The maximum Gasteiger partial charge on any atom is 0.316 e. The van der Waals surface area contributed by atoms with Crippen LogP contribution in [-0.4, -0.2) is 34.2 Å². The van der Waals surface area contributed by atoms with Crippen molar-refractivity contribution in [2.24, 2.45) is 11.3 Å². The largest absolute Gasteiger partial charge is 0.466 e. The number of ether oxygens (including phenoxy) is 2. The highest BCUT2D eigenvalue weighted by molar-refractivity contribution is 6.00. The summed E-state index contributed by atoms with van der Waals surface area (Å²) in [6.07, 6.45) is 0.708. The maximum absolute atomic E-state index is 13.1. The number of nitro benzene ring substituents is 1. The summed E-state index contributed by atoms with van der Waals surface area (Å²) in [5.74, 6) is -4.40. The summed E-state index contributed by atoms with van der Waals surface area (Å²) < 4.78 is 10.9. The van der Waals surface area contributed by atoms with Crippen LogP contribution in [0.25, 0.3) is 0 Å². The smallest absolute Gasteiger partial charge is 0.316 e. The quantitative estimate of drug-likeness (QED) is 0.466. The minimum atomic E-state index is -1.90. The van der Waals surface area contributed by atoms with Crippen molar-refractivity contribution in [2.45, 2.75) is 52.2 Å². The monoisotopic (exact) mass is 403 g/mol. The molecule has 0 aromatic heterocycles. The summed E-state index contributed by atoms with van der Waals surface area (Å²) in [4.78, 5) is 36.3. The van der Waals surface area contributed by atoms with Gasteiger partial charge in [-0.05, 0) is 17.9 Å². The Balaban J connectivity index is 2.19. The molecule has 0 unspecified atom stereocenters. The number of allylic oxidation sites excluding steroid dienone is 2. The van der Waals surface area contributed by atoms with E-state index in [0.717, 1.165) is 0 Å². The number of nitro groups is 1. The normalized spacial score (nSPS) is 28.4. The molecule has 1 heterocycles. The predicted molar refractivity (Wildman–Crippen MR) is 103 cm³/mol. The highest BCUT2D eigenvalue weighted by Gasteiger charge is 2.55. The summed E-state index contributed by atoms with van der Waals surface area (Å²) in [5, 5.41) is 22.0. The van der Waals surface area contributed by atoms with Gasteiger partial charge in [-0.1, -0.05) is 26.0 Å². The molecule has 0 saturated carbocycles. The number of nitrogens with zero attached hydrogens (tertiary/aromatic N) is 1. The number of carbonyl (C=O) groups is 2. The maximum atomic E-state index is 13.1. The molecule has 0 amide bonds. The Labute approximate surface area is 168 Å². The third kappa shape index (κ3) is 3.89. The van der Waals surface area contributed by atoms with E-state index in [1.165, 1.54) is 31.2 Å². The van der Waals surface area contributed by atoms with E-state index in [0.29, 0.717) is 23.3 Å². The van der Waals surface area contributed by atoms with Gasteiger partial charge in [0.05, 0.1) is 11.5 Å². The number of carbonyl (C=O) groups excluding carboxylic acids is 2. The molecule has 1 aliphatic heterocycles. The second-order valence-corrected chi connectivity index (χ2v) is 8.49. The van der Waals surface area contributed by atoms with Crippen LogP contribution in [0.2, 0.25) is 0 Å². The van der Waals surface area contributed by atoms with Gasteiger partial charge in [-0.2, -0.15) is 0 Å². The van der Waals surface area contributed by atoms with Crippen molar-refractivity contribution < 1.29 is 29.1 Å². The number of hydrogen-bond acceptors (Lipinski definition) is 7. The number of hydrogen-bond donors (Lipinski definition) is 1. The second-order valence-electron chi connectivity index (χ2n) is 8.49. The minimum Gasteiger partial charge on any atom is -0.466 e. The Morgan fingerprint density at radius 1 is 1.28 bits per heavy atom. The Hall–Kier alpha value is -2.74. The van der Waals surface area contributed by atoms with E-state index in [2.05, 4.69) is 0 Å². The standard InChI is InChI=1S/C21H25NO7/c1-5-28-19(24)18-16(12-6-8-13(9-7-12)22(26)27)17-14(23)10-20(2,3)11-15(17)29-21(18,4)25/h6-9,16,18,25H,5,10-11H2,1-4H3/t16-,18-,21-/m1/s1. The number of non-ortho nitro benzene ring substituents is 1. The fourth-order valence-corrected chi connectivity index (χ4v) is 4.25. The molecule has 0 radical (unpaired) electrons. The predicted octanol–water partition coefficient (Wildman–Crippen LogP) is 3.24. The van der Waals surface area contributed by atoms with E-state index in [9.17, 15) is 24.8 Å². The topological polar surface area (TPSA) is 116 Å². The molecule has 1 N–H and O–H groups in total. The Bertz CT molecular complexity index is 883. The number of benzene rings is 1. The summed E-state index contributed by atoms with van der Waals surface area (Å²) in [6, 6.07) is 5.65. The molecule has 3 rings (SSSR count). The van der Waals surface area contributed by atoms with Crippen LogP contribution >= 0.6 is 0 Å². The third-order valence-electron chi connectivity index (χ3n) is 5.43. The number of aliphatic hydroxyl groups is 1. The van der Waals surface area contributed by atoms with Crippen molar-refractivity contribution >= 4 is 17.4 Å². The third-order valence-corrected chi connectivity index (χ3v) is 5.43. The molecule has 1 aliphatic carbocycles. The van der Waals surface area contributed by atoms with Crippen molar-refractivity contribution in [1.82, 2.24) is 0 Å². The summed E-state index contributed by atoms with van der Waals surface area (Å²) in [5.41, 5.74) is 0.397. The van der Waals surface area contributed by atoms with Crippen molar-refractivity contribution in [2.75, 3.05) is 6.61 Å². The van der Waals surface area contributed by atoms with Gasteiger partial charge in [0.25, 0.3) is 5.69 Å². The lowest BCUT2D eigenvalue weighted by atomic mass is 9.66. The van der Waals surface area contributed by atoms with E-state index in [4.69, 9.17) is 9.47 Å². The molecular weight excluding hydrogens is 378 g/mol. The molecule has 156 valence electrons. The van der Waals surface area contributed by atoms with Crippen molar-refractivity contribution in [1.29, 1.82) is 0 Å². The zero-order valence-electron chi connectivity index (χ0n) is 16.9. The van der Waals surface area contributed by atoms with E-state index in [1.807, 2.05) is 13.8 Å².